The monoisotopic (exact) mass is 462 g/mol. The van der Waals surface area contributed by atoms with Crippen LogP contribution in [0.15, 0.2) is 66.7 Å². The first-order valence-electron chi connectivity index (χ1n) is 11.0. The summed E-state index contributed by atoms with van der Waals surface area (Å²) in [6.45, 7) is 4.31. The number of nitrogens with one attached hydrogen (secondary N) is 3. The molecule has 3 aromatic rings. The van der Waals surface area contributed by atoms with Crippen LogP contribution >= 0.6 is 11.6 Å². The van der Waals surface area contributed by atoms with Crippen LogP contribution in [0.3, 0.4) is 0 Å². The Morgan fingerprint density at radius 3 is 2.42 bits per heavy atom. The molecule has 1 heterocycles. The number of aryl methyl sites for hydroxylation is 1. The van der Waals surface area contributed by atoms with Gasteiger partial charge in [0.1, 0.15) is 0 Å². The summed E-state index contributed by atoms with van der Waals surface area (Å²) in [6, 6.07) is 20.0. The van der Waals surface area contributed by atoms with Gasteiger partial charge in [0.15, 0.2) is 0 Å². The average molecular weight is 463 g/mol. The first-order valence-corrected chi connectivity index (χ1v) is 11.4. The second kappa shape index (κ2) is 10.4. The molecule has 1 aliphatic heterocycles. The van der Waals surface area contributed by atoms with Crippen LogP contribution in [0.5, 0.6) is 0 Å². The molecule has 0 unspecified atom stereocenters. The highest BCUT2D eigenvalue weighted by atomic mass is 35.5. The lowest BCUT2D eigenvalue weighted by Gasteiger charge is -2.22. The molecular weight excluding hydrogens is 436 g/mol. The molecule has 3 aromatic carbocycles. The minimum atomic E-state index is -0.394. The van der Waals surface area contributed by atoms with Crippen molar-refractivity contribution in [1.29, 1.82) is 0 Å². The van der Waals surface area contributed by atoms with Gasteiger partial charge in [-0.1, -0.05) is 47.5 Å². The lowest BCUT2D eigenvalue weighted by atomic mass is 10.1. The highest BCUT2D eigenvalue weighted by molar-refractivity contribution is 6.30. The number of rotatable bonds is 6. The number of hydrogen-bond donors (Lipinski definition) is 3. The predicted octanol–water partition coefficient (Wildman–Crippen LogP) is 5.82. The zero-order chi connectivity index (χ0) is 23.2. The van der Waals surface area contributed by atoms with Gasteiger partial charge in [-0.3, -0.25) is 4.79 Å². The van der Waals surface area contributed by atoms with Crippen LogP contribution in [0.2, 0.25) is 5.02 Å². The highest BCUT2D eigenvalue weighted by Gasteiger charge is 2.19. The highest BCUT2D eigenvalue weighted by Crippen LogP contribution is 2.30. The molecule has 0 aromatic heterocycles. The number of urea groups is 1. The Morgan fingerprint density at radius 2 is 1.70 bits per heavy atom. The molecule has 0 radical (unpaired) electrons. The fraction of sp³-hybridized carbons (Fsp3) is 0.231. The van der Waals surface area contributed by atoms with E-state index in [1.807, 2.05) is 37.3 Å². The quantitative estimate of drug-likeness (QED) is 0.432. The van der Waals surface area contributed by atoms with Gasteiger partial charge in [-0.2, -0.15) is 0 Å². The van der Waals surface area contributed by atoms with Crippen molar-refractivity contribution in [2.75, 3.05) is 28.6 Å². The van der Waals surface area contributed by atoms with Gasteiger partial charge in [0.25, 0.3) is 5.91 Å². The fourth-order valence-corrected chi connectivity index (χ4v) is 4.04. The number of halogens is 1. The zero-order valence-corrected chi connectivity index (χ0v) is 19.3. The summed E-state index contributed by atoms with van der Waals surface area (Å²) in [4.78, 5) is 27.7. The van der Waals surface area contributed by atoms with Crippen LogP contribution in [-0.4, -0.2) is 25.0 Å². The molecule has 1 aliphatic rings. The van der Waals surface area contributed by atoms with Crippen LogP contribution in [0, 0.1) is 6.92 Å². The van der Waals surface area contributed by atoms with Gasteiger partial charge < -0.3 is 20.9 Å². The van der Waals surface area contributed by atoms with E-state index < -0.39 is 6.03 Å². The summed E-state index contributed by atoms with van der Waals surface area (Å²) in [7, 11) is 0. The molecular formula is C26H27ClN4O2. The molecule has 3 amide bonds. The minimum Gasteiger partial charge on any atom is -0.370 e. The Labute approximate surface area is 198 Å². The maximum atomic E-state index is 12.8. The second-order valence-corrected chi connectivity index (χ2v) is 8.62. The van der Waals surface area contributed by atoms with Gasteiger partial charge in [0, 0.05) is 35.9 Å². The molecule has 0 aliphatic carbocycles. The van der Waals surface area contributed by atoms with E-state index in [0.717, 1.165) is 37.2 Å². The number of carbonyl (C=O) groups excluding carboxylic acids is 2. The summed E-state index contributed by atoms with van der Waals surface area (Å²) in [5.74, 6) is -0.193. The van der Waals surface area contributed by atoms with E-state index in [4.69, 9.17) is 11.6 Å². The van der Waals surface area contributed by atoms with Gasteiger partial charge in [-0.15, -0.1) is 0 Å². The minimum absolute atomic E-state index is 0.193. The third-order valence-electron chi connectivity index (χ3n) is 5.61. The number of benzene rings is 3. The molecule has 33 heavy (non-hydrogen) atoms. The number of amides is 3. The molecule has 0 bridgehead atoms. The van der Waals surface area contributed by atoms with Crippen molar-refractivity contribution in [3.63, 3.8) is 0 Å². The Hall–Kier alpha value is -3.51. The van der Waals surface area contributed by atoms with Gasteiger partial charge in [0.05, 0.1) is 11.4 Å². The third kappa shape index (κ3) is 6.05. The van der Waals surface area contributed by atoms with Crippen LogP contribution in [0.1, 0.15) is 34.3 Å². The van der Waals surface area contributed by atoms with Crippen molar-refractivity contribution in [2.24, 2.45) is 0 Å². The lowest BCUT2D eigenvalue weighted by Crippen LogP contribution is -2.26. The molecule has 0 spiro atoms. The summed E-state index contributed by atoms with van der Waals surface area (Å²) < 4.78 is 0. The molecule has 0 saturated carbocycles. The first kappa shape index (κ1) is 22.7. The van der Waals surface area contributed by atoms with Crippen LogP contribution in [0.25, 0.3) is 0 Å². The van der Waals surface area contributed by atoms with Gasteiger partial charge in [0.2, 0.25) is 0 Å². The molecule has 1 saturated heterocycles. The normalized spacial score (nSPS) is 13.0. The van der Waals surface area contributed by atoms with Crippen molar-refractivity contribution in [2.45, 2.75) is 26.3 Å². The van der Waals surface area contributed by atoms with E-state index in [1.54, 1.807) is 36.4 Å². The van der Waals surface area contributed by atoms with Gasteiger partial charge in [-0.05, 0) is 61.7 Å². The van der Waals surface area contributed by atoms with Gasteiger partial charge in [-0.25, -0.2) is 4.79 Å². The van der Waals surface area contributed by atoms with E-state index >= 15 is 0 Å². The Kier molecular flexibility index (Phi) is 7.15. The van der Waals surface area contributed by atoms with E-state index in [9.17, 15) is 9.59 Å². The molecule has 0 atom stereocenters. The maximum absolute atomic E-state index is 12.8. The fourth-order valence-electron chi connectivity index (χ4n) is 3.85. The molecule has 4 rings (SSSR count). The number of carbonyl (C=O) groups is 2. The Bertz CT molecular complexity index is 1140. The SMILES string of the molecule is Cc1ccc(CNC(=O)c2ccc(N3CCCC3)c(NC(=O)Nc3cccc(Cl)c3)c2)cc1. The maximum Gasteiger partial charge on any atom is 0.323 e. The van der Waals surface area contributed by atoms with Crippen LogP contribution < -0.4 is 20.9 Å². The summed E-state index contributed by atoms with van der Waals surface area (Å²) in [5, 5.41) is 9.21. The summed E-state index contributed by atoms with van der Waals surface area (Å²) in [6.07, 6.45) is 2.21. The van der Waals surface area contributed by atoms with E-state index in [1.165, 1.54) is 5.56 Å². The Balaban J connectivity index is 1.50. The van der Waals surface area contributed by atoms with Crippen molar-refractivity contribution in [1.82, 2.24) is 5.32 Å². The van der Waals surface area contributed by atoms with Crippen molar-refractivity contribution in [3.05, 3.63) is 88.4 Å². The van der Waals surface area contributed by atoms with E-state index in [2.05, 4.69) is 20.9 Å². The number of anilines is 3. The molecule has 6 nitrogen and oxygen atoms in total. The van der Waals surface area contributed by atoms with Crippen molar-refractivity contribution >= 4 is 40.6 Å². The van der Waals surface area contributed by atoms with Crippen molar-refractivity contribution < 1.29 is 9.59 Å². The number of nitrogens with zero attached hydrogens (tertiary/aromatic N) is 1. The smallest absolute Gasteiger partial charge is 0.323 e. The van der Waals surface area contributed by atoms with Gasteiger partial charge >= 0.3 is 6.03 Å². The second-order valence-electron chi connectivity index (χ2n) is 8.18. The average Bonchev–Trinajstić information content (AvgIpc) is 3.33. The van der Waals surface area contributed by atoms with E-state index in [0.29, 0.717) is 28.5 Å². The molecule has 170 valence electrons. The standard InChI is InChI=1S/C26H27ClN4O2/c1-18-7-9-19(10-8-18)17-28-25(32)20-11-12-24(31-13-2-3-14-31)23(15-20)30-26(33)29-22-6-4-5-21(27)16-22/h4-12,15-16H,2-3,13-14,17H2,1H3,(H,28,32)(H2,29,30,33). The predicted molar refractivity (Wildman–Crippen MR) is 134 cm³/mol. The molecule has 1 fully saturated rings. The molecule has 3 N–H and O–H groups in total. The summed E-state index contributed by atoms with van der Waals surface area (Å²) in [5.41, 5.74) is 4.79. The van der Waals surface area contributed by atoms with Crippen molar-refractivity contribution in [3.8, 4) is 0 Å². The van der Waals surface area contributed by atoms with Crippen LogP contribution in [-0.2, 0) is 6.54 Å². The topological polar surface area (TPSA) is 73.5 Å². The Morgan fingerprint density at radius 1 is 0.939 bits per heavy atom. The zero-order valence-electron chi connectivity index (χ0n) is 18.5. The summed E-state index contributed by atoms with van der Waals surface area (Å²) >= 11 is 6.01. The molecule has 7 heteroatoms. The van der Waals surface area contributed by atoms with Crippen LogP contribution in [0.4, 0.5) is 21.9 Å². The first-order chi connectivity index (χ1) is 16.0. The van der Waals surface area contributed by atoms with E-state index in [-0.39, 0.29) is 5.91 Å². The number of hydrogen-bond acceptors (Lipinski definition) is 3. The largest absolute Gasteiger partial charge is 0.370 e. The third-order valence-corrected chi connectivity index (χ3v) is 5.84. The lowest BCUT2D eigenvalue weighted by molar-refractivity contribution is 0.0951.